The highest BCUT2D eigenvalue weighted by Gasteiger charge is 2.38. The number of esters is 4. The van der Waals surface area contributed by atoms with E-state index in [1.807, 2.05) is 13.8 Å². The Morgan fingerprint density at radius 2 is 1.44 bits per heavy atom. The van der Waals surface area contributed by atoms with E-state index in [1.54, 1.807) is 40.7 Å². The number of hydrogen-bond donors (Lipinski definition) is 1. The van der Waals surface area contributed by atoms with Crippen molar-refractivity contribution in [2.24, 2.45) is 23.5 Å². The quantitative estimate of drug-likeness (QED) is 0.311. The molecule has 0 spiro atoms. The highest BCUT2D eigenvalue weighted by Crippen LogP contribution is 2.32. The Hall–Kier alpha value is -2.94. The summed E-state index contributed by atoms with van der Waals surface area (Å²) < 4.78 is 21.3. The second-order valence-electron chi connectivity index (χ2n) is 10.2. The van der Waals surface area contributed by atoms with Crippen LogP contribution in [0.25, 0.3) is 0 Å². The number of hydrogen-bond acceptors (Lipinski definition) is 9. The first-order chi connectivity index (χ1) is 16.7. The van der Waals surface area contributed by atoms with E-state index in [0.717, 1.165) is 0 Å². The van der Waals surface area contributed by atoms with E-state index >= 15 is 0 Å². The first kappa shape index (κ1) is 31.1. The third-order valence-corrected chi connectivity index (χ3v) is 5.39. The van der Waals surface area contributed by atoms with Crippen molar-refractivity contribution in [2.75, 3.05) is 7.11 Å². The summed E-state index contributed by atoms with van der Waals surface area (Å²) in [5, 5.41) is 0. The zero-order chi connectivity index (χ0) is 27.6. The fourth-order valence-electron chi connectivity index (χ4n) is 3.32. The van der Waals surface area contributed by atoms with Gasteiger partial charge in [0, 0.05) is 19.3 Å². The Morgan fingerprint density at radius 3 is 1.94 bits per heavy atom. The molecule has 0 heterocycles. The molecular formula is C27H41NO8. The van der Waals surface area contributed by atoms with Gasteiger partial charge in [-0.15, -0.1) is 0 Å². The molecule has 0 saturated carbocycles. The van der Waals surface area contributed by atoms with Crippen LogP contribution in [0.5, 0.6) is 11.5 Å². The van der Waals surface area contributed by atoms with Crippen molar-refractivity contribution in [1.82, 2.24) is 0 Å². The van der Waals surface area contributed by atoms with Crippen LogP contribution in [0.3, 0.4) is 0 Å². The molecule has 2 atom stereocenters. The van der Waals surface area contributed by atoms with Gasteiger partial charge in [-0.05, 0) is 37.0 Å². The van der Waals surface area contributed by atoms with Crippen molar-refractivity contribution in [3.05, 3.63) is 23.8 Å². The molecule has 202 valence electrons. The Balaban J connectivity index is 3.19. The average molecular weight is 508 g/mol. The van der Waals surface area contributed by atoms with Gasteiger partial charge < -0.3 is 24.7 Å². The summed E-state index contributed by atoms with van der Waals surface area (Å²) in [7, 11) is 1.23. The predicted molar refractivity (Wildman–Crippen MR) is 134 cm³/mol. The predicted octanol–water partition coefficient (Wildman–Crippen LogP) is 3.98. The maximum atomic E-state index is 12.7. The lowest BCUT2D eigenvalue weighted by atomic mass is 9.86. The molecule has 1 aromatic carbocycles. The lowest BCUT2D eigenvalue weighted by molar-refractivity contribution is -0.155. The normalized spacial score (nSPS) is 13.8. The van der Waals surface area contributed by atoms with Gasteiger partial charge in [0.2, 0.25) is 0 Å². The topological polar surface area (TPSA) is 131 Å². The second kappa shape index (κ2) is 14.0. The number of benzene rings is 1. The van der Waals surface area contributed by atoms with Crippen molar-refractivity contribution in [3.8, 4) is 11.5 Å². The molecule has 0 amide bonds. The van der Waals surface area contributed by atoms with Gasteiger partial charge in [0.1, 0.15) is 11.6 Å². The van der Waals surface area contributed by atoms with Gasteiger partial charge in [-0.2, -0.15) is 0 Å². The highest BCUT2D eigenvalue weighted by atomic mass is 16.6. The Morgan fingerprint density at radius 1 is 0.889 bits per heavy atom. The zero-order valence-electron chi connectivity index (χ0n) is 22.7. The van der Waals surface area contributed by atoms with Crippen molar-refractivity contribution < 1.29 is 38.1 Å². The van der Waals surface area contributed by atoms with Gasteiger partial charge in [0.25, 0.3) is 0 Å². The first-order valence-electron chi connectivity index (χ1n) is 12.3. The van der Waals surface area contributed by atoms with Crippen molar-refractivity contribution >= 4 is 23.9 Å². The van der Waals surface area contributed by atoms with Crippen LogP contribution in [0.15, 0.2) is 18.2 Å². The third-order valence-electron chi connectivity index (χ3n) is 5.39. The van der Waals surface area contributed by atoms with Crippen molar-refractivity contribution in [3.63, 3.8) is 0 Å². The monoisotopic (exact) mass is 507 g/mol. The van der Waals surface area contributed by atoms with E-state index in [2.05, 4.69) is 0 Å². The summed E-state index contributed by atoms with van der Waals surface area (Å²) in [6, 6.07) is 4.62. The molecule has 1 rings (SSSR count). The van der Waals surface area contributed by atoms with Crippen molar-refractivity contribution in [2.45, 2.75) is 85.8 Å². The van der Waals surface area contributed by atoms with E-state index in [1.165, 1.54) is 19.2 Å². The summed E-state index contributed by atoms with van der Waals surface area (Å²) in [6.07, 6.45) is 0.343. The van der Waals surface area contributed by atoms with Gasteiger partial charge in [-0.3, -0.25) is 19.2 Å². The minimum Gasteiger partial charge on any atom is -0.468 e. The number of carbonyl (C=O) groups excluding carboxylic acids is 4. The van der Waals surface area contributed by atoms with Crippen LogP contribution < -0.4 is 15.2 Å². The molecule has 36 heavy (non-hydrogen) atoms. The van der Waals surface area contributed by atoms with Gasteiger partial charge in [0.05, 0.1) is 18.9 Å². The molecule has 0 radical (unpaired) electrons. The summed E-state index contributed by atoms with van der Waals surface area (Å²) in [5.41, 5.74) is 5.50. The van der Waals surface area contributed by atoms with Crippen LogP contribution in [0.4, 0.5) is 0 Å². The van der Waals surface area contributed by atoms with Gasteiger partial charge in [0.15, 0.2) is 11.5 Å². The molecule has 0 aliphatic carbocycles. The van der Waals surface area contributed by atoms with Crippen LogP contribution >= 0.6 is 0 Å². The van der Waals surface area contributed by atoms with E-state index in [9.17, 15) is 19.2 Å². The lowest BCUT2D eigenvalue weighted by Gasteiger charge is -2.29. The first-order valence-corrected chi connectivity index (χ1v) is 12.3. The molecular weight excluding hydrogens is 466 g/mol. The fraction of sp³-hybridized carbons (Fsp3) is 0.630. The number of rotatable bonds is 13. The van der Waals surface area contributed by atoms with E-state index in [0.29, 0.717) is 17.9 Å². The molecule has 0 saturated heterocycles. The molecule has 0 aliphatic rings. The van der Waals surface area contributed by atoms with Crippen LogP contribution in [0, 0.1) is 17.8 Å². The second-order valence-corrected chi connectivity index (χ2v) is 10.2. The van der Waals surface area contributed by atoms with E-state index < -0.39 is 35.5 Å². The number of ether oxygens (including phenoxy) is 4. The average Bonchev–Trinajstić information content (AvgIpc) is 2.78. The number of methoxy groups -OCH3 is 1. The van der Waals surface area contributed by atoms with Crippen LogP contribution in [0.1, 0.15) is 73.3 Å². The summed E-state index contributed by atoms with van der Waals surface area (Å²) in [6.45, 7) is 12.4. The molecule has 0 aromatic heterocycles. The fourth-order valence-corrected chi connectivity index (χ4v) is 3.32. The minimum atomic E-state index is -1.53. The van der Waals surface area contributed by atoms with E-state index in [4.69, 9.17) is 24.7 Å². The summed E-state index contributed by atoms with van der Waals surface area (Å²) >= 11 is 0. The van der Waals surface area contributed by atoms with Crippen molar-refractivity contribution in [1.29, 1.82) is 0 Å². The third kappa shape index (κ3) is 9.97. The Kier molecular flexibility index (Phi) is 12.1. The summed E-state index contributed by atoms with van der Waals surface area (Å²) in [4.78, 5) is 49.2. The smallest absolute Gasteiger partial charge is 0.326 e. The summed E-state index contributed by atoms with van der Waals surface area (Å²) in [5.74, 6) is -2.36. The number of nitrogens with two attached hydrogens (primary N) is 1. The molecule has 0 fully saturated rings. The SMILES string of the molecule is COC(=O)[C@](N)(Cc1ccc(OC(=O)C(C)C)c(OC(=O)C(C)C)c1)CC(C)OC(=O)CCC(C)C. The van der Waals surface area contributed by atoms with Crippen LogP contribution in [-0.2, 0) is 35.1 Å². The maximum Gasteiger partial charge on any atom is 0.326 e. The van der Waals surface area contributed by atoms with E-state index in [-0.39, 0.29) is 42.6 Å². The Labute approximate surface area is 214 Å². The standard InChI is InChI=1S/C27H41NO8/c1-16(2)9-12-23(29)34-19(7)14-27(28,26(32)33-8)15-20-10-11-21(35-24(30)17(3)4)22(13-20)36-25(31)18(5)6/h10-11,13,16-19H,9,12,14-15,28H2,1-8H3/t19?,27-/m1/s1. The van der Waals surface area contributed by atoms with Crippen LogP contribution in [0.2, 0.25) is 0 Å². The van der Waals surface area contributed by atoms with Gasteiger partial charge in [-0.25, -0.2) is 0 Å². The molecule has 0 aliphatic heterocycles. The highest BCUT2D eigenvalue weighted by molar-refractivity contribution is 5.81. The Bertz CT molecular complexity index is 924. The molecule has 1 aromatic rings. The molecule has 0 bridgehead atoms. The molecule has 9 nitrogen and oxygen atoms in total. The maximum absolute atomic E-state index is 12.7. The lowest BCUT2D eigenvalue weighted by Crippen LogP contribution is -2.53. The zero-order valence-corrected chi connectivity index (χ0v) is 22.7. The molecule has 2 N–H and O–H groups in total. The largest absolute Gasteiger partial charge is 0.468 e. The van der Waals surface area contributed by atoms with Gasteiger partial charge >= 0.3 is 23.9 Å². The molecule has 9 heteroatoms. The van der Waals surface area contributed by atoms with Gasteiger partial charge in [-0.1, -0.05) is 47.6 Å². The molecule has 1 unspecified atom stereocenters. The van der Waals surface area contributed by atoms with Crippen LogP contribution in [-0.4, -0.2) is 42.6 Å². The number of carbonyl (C=O) groups is 4. The minimum absolute atomic E-state index is 0.00179.